The van der Waals surface area contributed by atoms with Crippen LogP contribution in [-0.2, 0) is 38.1 Å². The highest BCUT2D eigenvalue weighted by Crippen LogP contribution is 2.67. The van der Waals surface area contributed by atoms with Gasteiger partial charge in [0.2, 0.25) is 5.60 Å². The molecule has 8 bridgehead atoms. The van der Waals surface area contributed by atoms with Crippen molar-refractivity contribution in [1.82, 2.24) is 0 Å². The van der Waals surface area contributed by atoms with Crippen LogP contribution in [0.5, 0.6) is 0 Å². The molecule has 11 heteroatoms. The standard InChI is InChI=1S/C43H66O11/c1-9-30(33(45)52-38(8,25(2)3)39-13-27-11-28(14-39)16-40(48,15-27)21-39)12-31(10-26(4)32(44)51-37(7)20-36(5,6)54-35(37)47)34(46)53-43-19-29-17-41(49,23-43)22-42(50,18-29)24-43/h25-31,48-50H,9-24H2,1-8H3. The molecule has 9 aliphatic rings. The number of carbonyl (C=O) groups excluding carboxylic acids is 4. The Morgan fingerprint density at radius 1 is 0.741 bits per heavy atom. The lowest BCUT2D eigenvalue weighted by Gasteiger charge is -2.65. The maximum atomic E-state index is 14.5. The fourth-order valence-electron chi connectivity index (χ4n) is 13.9. The van der Waals surface area contributed by atoms with Crippen molar-refractivity contribution in [3.8, 4) is 0 Å². The molecule has 0 aromatic rings. The Morgan fingerprint density at radius 2 is 1.33 bits per heavy atom. The Morgan fingerprint density at radius 3 is 1.83 bits per heavy atom. The highest BCUT2D eigenvalue weighted by Gasteiger charge is 2.67. The SMILES string of the molecule is CCC(CC(CC(C)C(=O)OC1(C)CC(C)(C)OC1=O)C(=O)OC12CC3CC(O)(CC(O)(C3)C1)C2)C(=O)OC(C)(C(C)C)C12CC3CC(CC(O)(C3)C1)C2. The molecule has 9 rings (SSSR count). The lowest BCUT2D eigenvalue weighted by Crippen LogP contribution is -2.67. The van der Waals surface area contributed by atoms with E-state index in [1.807, 2.05) is 13.8 Å². The first-order valence-corrected chi connectivity index (χ1v) is 20.9. The Labute approximate surface area is 321 Å². The van der Waals surface area contributed by atoms with Gasteiger partial charge in [-0.25, -0.2) is 4.79 Å². The van der Waals surface area contributed by atoms with E-state index < -0.39 is 80.8 Å². The monoisotopic (exact) mass is 758 g/mol. The largest absolute Gasteiger partial charge is 0.459 e. The molecule has 0 amide bonds. The quantitative estimate of drug-likeness (QED) is 0.147. The molecule has 9 unspecified atom stereocenters. The van der Waals surface area contributed by atoms with Crippen molar-refractivity contribution in [2.75, 3.05) is 0 Å². The Hall–Kier alpha value is -2.24. The summed E-state index contributed by atoms with van der Waals surface area (Å²) in [4.78, 5) is 55.3. The molecular formula is C43H66O11. The van der Waals surface area contributed by atoms with Gasteiger partial charge in [0.1, 0.15) is 16.8 Å². The molecule has 11 nitrogen and oxygen atoms in total. The van der Waals surface area contributed by atoms with E-state index >= 15 is 0 Å². The molecule has 1 aliphatic heterocycles. The predicted octanol–water partition coefficient (Wildman–Crippen LogP) is 6.10. The molecule has 1 saturated heterocycles. The third kappa shape index (κ3) is 7.03. The number of cyclic esters (lactones) is 1. The average molecular weight is 759 g/mol. The van der Waals surface area contributed by atoms with E-state index in [4.69, 9.17) is 18.9 Å². The number of ether oxygens (including phenoxy) is 4. The van der Waals surface area contributed by atoms with Gasteiger partial charge in [-0.3, -0.25) is 14.4 Å². The molecule has 0 aromatic heterocycles. The second-order valence-corrected chi connectivity index (χ2v) is 21.4. The maximum Gasteiger partial charge on any atom is 0.351 e. The topological polar surface area (TPSA) is 166 Å². The van der Waals surface area contributed by atoms with E-state index in [9.17, 15) is 34.5 Å². The minimum absolute atomic E-state index is 0.00574. The van der Waals surface area contributed by atoms with Crippen LogP contribution in [0, 0.1) is 46.8 Å². The van der Waals surface area contributed by atoms with Crippen LogP contribution in [0.15, 0.2) is 0 Å². The molecule has 54 heavy (non-hydrogen) atoms. The number of carbonyl (C=O) groups is 4. The summed E-state index contributed by atoms with van der Waals surface area (Å²) >= 11 is 0. The Bertz CT molecular complexity index is 1520. The first-order valence-electron chi connectivity index (χ1n) is 20.9. The molecule has 8 saturated carbocycles. The summed E-state index contributed by atoms with van der Waals surface area (Å²) < 4.78 is 24.3. The molecule has 304 valence electrons. The van der Waals surface area contributed by atoms with Crippen LogP contribution >= 0.6 is 0 Å². The zero-order valence-corrected chi connectivity index (χ0v) is 34.0. The highest BCUT2D eigenvalue weighted by molar-refractivity contribution is 5.86. The smallest absolute Gasteiger partial charge is 0.351 e. The number of esters is 4. The molecule has 0 aromatic carbocycles. The van der Waals surface area contributed by atoms with Crippen molar-refractivity contribution in [1.29, 1.82) is 0 Å². The van der Waals surface area contributed by atoms with Crippen LogP contribution in [0.3, 0.4) is 0 Å². The minimum Gasteiger partial charge on any atom is -0.459 e. The molecule has 8 aliphatic carbocycles. The molecule has 9 fully saturated rings. The van der Waals surface area contributed by atoms with Gasteiger partial charge in [-0.15, -0.1) is 0 Å². The van der Waals surface area contributed by atoms with Crippen LogP contribution in [0.2, 0.25) is 0 Å². The van der Waals surface area contributed by atoms with Crippen LogP contribution in [0.4, 0.5) is 0 Å². The maximum absolute atomic E-state index is 14.5. The lowest BCUT2D eigenvalue weighted by molar-refractivity contribution is -0.263. The number of hydrogen-bond donors (Lipinski definition) is 3. The number of hydrogen-bond acceptors (Lipinski definition) is 11. The first-order chi connectivity index (χ1) is 24.8. The number of rotatable bonds is 13. The minimum atomic E-state index is -1.46. The van der Waals surface area contributed by atoms with Gasteiger partial charge in [-0.05, 0) is 128 Å². The summed E-state index contributed by atoms with van der Waals surface area (Å²) in [6.45, 7) is 14.8. The molecule has 9 atom stereocenters. The molecule has 0 radical (unpaired) electrons. The molecule has 0 spiro atoms. The van der Waals surface area contributed by atoms with Gasteiger partial charge in [0.15, 0.2) is 0 Å². The Balaban J connectivity index is 1.12. The zero-order chi connectivity index (χ0) is 39.5. The van der Waals surface area contributed by atoms with E-state index in [1.165, 1.54) is 0 Å². The highest BCUT2D eigenvalue weighted by atomic mass is 16.6. The van der Waals surface area contributed by atoms with Crippen molar-refractivity contribution >= 4 is 23.9 Å². The van der Waals surface area contributed by atoms with Gasteiger partial charge in [-0.2, -0.15) is 0 Å². The van der Waals surface area contributed by atoms with Gasteiger partial charge < -0.3 is 34.3 Å². The van der Waals surface area contributed by atoms with E-state index in [-0.39, 0.29) is 55.8 Å². The van der Waals surface area contributed by atoms with E-state index in [1.54, 1.807) is 27.7 Å². The second-order valence-electron chi connectivity index (χ2n) is 21.4. The third-order valence-electron chi connectivity index (χ3n) is 15.4. The summed E-state index contributed by atoms with van der Waals surface area (Å²) in [5.41, 5.74) is -7.41. The summed E-state index contributed by atoms with van der Waals surface area (Å²) in [6, 6.07) is 0. The number of aliphatic hydroxyl groups is 3. The van der Waals surface area contributed by atoms with Gasteiger partial charge in [0, 0.05) is 31.1 Å². The molecular weight excluding hydrogens is 692 g/mol. The Kier molecular flexibility index (Phi) is 9.54. The van der Waals surface area contributed by atoms with Crippen LogP contribution in [0.25, 0.3) is 0 Å². The van der Waals surface area contributed by atoms with E-state index in [0.29, 0.717) is 43.9 Å². The normalized spacial score (nSPS) is 44.0. The van der Waals surface area contributed by atoms with Gasteiger partial charge in [0.25, 0.3) is 0 Å². The van der Waals surface area contributed by atoms with Crippen LogP contribution in [-0.4, -0.2) is 78.4 Å². The predicted molar refractivity (Wildman–Crippen MR) is 196 cm³/mol. The summed E-state index contributed by atoms with van der Waals surface area (Å²) in [6.07, 6.45) is 8.29. The lowest BCUT2D eigenvalue weighted by atomic mass is 9.43. The summed E-state index contributed by atoms with van der Waals surface area (Å²) in [7, 11) is 0. The average Bonchev–Trinajstić information content (AvgIpc) is 3.20. The summed E-state index contributed by atoms with van der Waals surface area (Å²) in [5, 5.41) is 34.4. The van der Waals surface area contributed by atoms with Gasteiger partial charge >= 0.3 is 23.9 Å². The van der Waals surface area contributed by atoms with Crippen LogP contribution in [0.1, 0.15) is 158 Å². The molecule has 3 N–H and O–H groups in total. The van der Waals surface area contributed by atoms with Gasteiger partial charge in [0.05, 0.1) is 34.6 Å². The van der Waals surface area contributed by atoms with E-state index in [2.05, 4.69) is 13.8 Å². The summed E-state index contributed by atoms with van der Waals surface area (Å²) in [5.74, 6) is -3.82. The fraction of sp³-hybridized carbons (Fsp3) is 0.907. The van der Waals surface area contributed by atoms with E-state index in [0.717, 1.165) is 32.1 Å². The third-order valence-corrected chi connectivity index (χ3v) is 15.4. The van der Waals surface area contributed by atoms with Crippen LogP contribution < -0.4 is 0 Å². The first kappa shape index (κ1) is 40.0. The fourth-order valence-corrected chi connectivity index (χ4v) is 13.9. The van der Waals surface area contributed by atoms with Crippen molar-refractivity contribution in [3.63, 3.8) is 0 Å². The molecule has 1 heterocycles. The van der Waals surface area contributed by atoms with Crippen molar-refractivity contribution in [3.05, 3.63) is 0 Å². The zero-order valence-electron chi connectivity index (χ0n) is 34.0. The van der Waals surface area contributed by atoms with Gasteiger partial charge in [-0.1, -0.05) is 27.7 Å². The second kappa shape index (κ2) is 12.9. The van der Waals surface area contributed by atoms with Crippen molar-refractivity contribution in [2.45, 2.75) is 197 Å². The van der Waals surface area contributed by atoms with Crippen molar-refractivity contribution < 1.29 is 53.4 Å². The van der Waals surface area contributed by atoms with Crippen molar-refractivity contribution in [2.24, 2.45) is 46.8 Å².